The van der Waals surface area contributed by atoms with Crippen molar-refractivity contribution in [1.29, 1.82) is 0 Å². The molecule has 0 radical (unpaired) electrons. The zero-order valence-electron chi connectivity index (χ0n) is 15.7. The maximum absolute atomic E-state index is 13.8. The molecule has 0 unspecified atom stereocenters. The van der Waals surface area contributed by atoms with Crippen LogP contribution >= 0.6 is 0 Å². The second kappa shape index (κ2) is 8.24. The minimum atomic E-state index is -0.338. The van der Waals surface area contributed by atoms with Crippen LogP contribution in [-0.4, -0.2) is 53.7 Å². The van der Waals surface area contributed by atoms with E-state index in [1.165, 1.54) is 6.07 Å². The molecule has 2 N–H and O–H groups in total. The Kier molecular flexibility index (Phi) is 5.78. The molecule has 1 fully saturated rings. The number of urea groups is 1. The van der Waals surface area contributed by atoms with E-state index in [2.05, 4.69) is 10.3 Å². The Morgan fingerprint density at radius 2 is 1.89 bits per heavy atom. The van der Waals surface area contributed by atoms with Gasteiger partial charge in [-0.25, -0.2) is 14.2 Å². The molecule has 2 amide bonds. The van der Waals surface area contributed by atoms with Crippen molar-refractivity contribution < 1.29 is 14.3 Å². The molecular formula is C20H25FN4O2. The fourth-order valence-corrected chi connectivity index (χ4v) is 3.35. The number of aromatic hydroxyl groups is 1. The third kappa shape index (κ3) is 4.48. The first kappa shape index (κ1) is 18.9. The second-order valence-corrected chi connectivity index (χ2v) is 6.84. The van der Waals surface area contributed by atoms with Gasteiger partial charge in [0.05, 0.1) is 0 Å². The molecule has 6 nitrogen and oxygen atoms in total. The molecule has 144 valence electrons. The lowest BCUT2D eigenvalue weighted by molar-refractivity contribution is 0.194. The molecule has 1 aliphatic heterocycles. The highest BCUT2D eigenvalue weighted by atomic mass is 19.1. The predicted octanol–water partition coefficient (Wildman–Crippen LogP) is 2.62. The number of carbonyl (C=O) groups excluding carboxylic acids is 1. The molecule has 2 heterocycles. The maximum Gasteiger partial charge on any atom is 0.317 e. The van der Waals surface area contributed by atoms with Crippen molar-refractivity contribution in [2.45, 2.75) is 20.3 Å². The quantitative estimate of drug-likeness (QED) is 0.866. The highest BCUT2D eigenvalue weighted by Gasteiger charge is 2.23. The Labute approximate surface area is 158 Å². The molecule has 0 saturated carbocycles. The molecule has 0 aliphatic carbocycles. The van der Waals surface area contributed by atoms with Gasteiger partial charge in [-0.3, -0.25) is 0 Å². The highest BCUT2D eigenvalue weighted by Crippen LogP contribution is 2.23. The number of benzene rings is 1. The van der Waals surface area contributed by atoms with Gasteiger partial charge in [0.15, 0.2) is 11.6 Å². The SMILES string of the molecule is Cc1cc(CCNC(=O)N2CCN(c3ncccc3F)CC2)cc(C)c1O. The number of halogens is 1. The topological polar surface area (TPSA) is 68.7 Å². The van der Waals surface area contributed by atoms with Crippen LogP contribution in [-0.2, 0) is 6.42 Å². The lowest BCUT2D eigenvalue weighted by Crippen LogP contribution is -2.52. The first-order valence-electron chi connectivity index (χ1n) is 9.13. The van der Waals surface area contributed by atoms with Gasteiger partial charge < -0.3 is 20.2 Å². The van der Waals surface area contributed by atoms with Gasteiger partial charge >= 0.3 is 6.03 Å². The van der Waals surface area contributed by atoms with Gasteiger partial charge in [0.25, 0.3) is 0 Å². The van der Waals surface area contributed by atoms with Crippen molar-refractivity contribution in [3.05, 3.63) is 53.0 Å². The van der Waals surface area contributed by atoms with E-state index in [1.54, 1.807) is 17.2 Å². The van der Waals surface area contributed by atoms with Gasteiger partial charge in [-0.05, 0) is 49.1 Å². The van der Waals surface area contributed by atoms with Crippen LogP contribution in [0.25, 0.3) is 0 Å². The lowest BCUT2D eigenvalue weighted by atomic mass is 10.0. The Morgan fingerprint density at radius 1 is 1.22 bits per heavy atom. The molecule has 1 aliphatic rings. The Hall–Kier alpha value is -2.83. The van der Waals surface area contributed by atoms with Crippen LogP contribution in [0.4, 0.5) is 15.0 Å². The summed E-state index contributed by atoms with van der Waals surface area (Å²) in [6, 6.07) is 6.74. The zero-order valence-corrected chi connectivity index (χ0v) is 15.7. The number of amides is 2. The minimum Gasteiger partial charge on any atom is -0.507 e. The number of piperazine rings is 1. The van der Waals surface area contributed by atoms with Crippen molar-refractivity contribution in [3.63, 3.8) is 0 Å². The number of carbonyl (C=O) groups is 1. The van der Waals surface area contributed by atoms with Crippen molar-refractivity contribution in [2.24, 2.45) is 0 Å². The Bertz CT molecular complexity index is 796. The number of nitrogens with one attached hydrogen (secondary N) is 1. The van der Waals surface area contributed by atoms with Crippen molar-refractivity contribution >= 4 is 11.8 Å². The van der Waals surface area contributed by atoms with E-state index in [0.29, 0.717) is 50.7 Å². The van der Waals surface area contributed by atoms with Gasteiger partial charge in [0, 0.05) is 38.9 Å². The highest BCUT2D eigenvalue weighted by molar-refractivity contribution is 5.74. The third-order valence-electron chi connectivity index (χ3n) is 4.85. The van der Waals surface area contributed by atoms with Crippen molar-refractivity contribution in [3.8, 4) is 5.75 Å². The monoisotopic (exact) mass is 372 g/mol. The lowest BCUT2D eigenvalue weighted by Gasteiger charge is -2.35. The van der Waals surface area contributed by atoms with Crippen LogP contribution < -0.4 is 10.2 Å². The number of anilines is 1. The maximum atomic E-state index is 13.8. The first-order valence-corrected chi connectivity index (χ1v) is 9.13. The Morgan fingerprint density at radius 3 is 2.52 bits per heavy atom. The van der Waals surface area contributed by atoms with Crippen LogP contribution in [0.2, 0.25) is 0 Å². The van der Waals surface area contributed by atoms with E-state index in [-0.39, 0.29) is 11.8 Å². The molecule has 0 bridgehead atoms. The average molecular weight is 372 g/mol. The molecule has 2 aromatic rings. The van der Waals surface area contributed by atoms with Gasteiger partial charge in [-0.2, -0.15) is 0 Å². The van der Waals surface area contributed by atoms with E-state index in [1.807, 2.05) is 30.9 Å². The van der Waals surface area contributed by atoms with Gasteiger partial charge in [-0.15, -0.1) is 0 Å². The van der Waals surface area contributed by atoms with Gasteiger partial charge in [0.1, 0.15) is 5.75 Å². The van der Waals surface area contributed by atoms with Gasteiger partial charge in [0.2, 0.25) is 0 Å². The van der Waals surface area contributed by atoms with Crippen LogP contribution in [0.15, 0.2) is 30.5 Å². The fourth-order valence-electron chi connectivity index (χ4n) is 3.35. The second-order valence-electron chi connectivity index (χ2n) is 6.84. The molecule has 1 aromatic carbocycles. The third-order valence-corrected chi connectivity index (χ3v) is 4.85. The van der Waals surface area contributed by atoms with E-state index in [9.17, 15) is 14.3 Å². The Balaban J connectivity index is 1.47. The van der Waals surface area contributed by atoms with E-state index >= 15 is 0 Å². The molecule has 0 atom stereocenters. The number of phenols is 1. The molecule has 27 heavy (non-hydrogen) atoms. The average Bonchev–Trinajstić information content (AvgIpc) is 2.66. The minimum absolute atomic E-state index is 0.108. The zero-order chi connectivity index (χ0) is 19.4. The van der Waals surface area contributed by atoms with Crippen molar-refractivity contribution in [1.82, 2.24) is 15.2 Å². The van der Waals surface area contributed by atoms with Crippen LogP contribution in [0.1, 0.15) is 16.7 Å². The summed E-state index contributed by atoms with van der Waals surface area (Å²) in [6.07, 6.45) is 2.27. The molecule has 3 rings (SSSR count). The molecule has 7 heteroatoms. The molecule has 0 spiro atoms. The van der Waals surface area contributed by atoms with Crippen molar-refractivity contribution in [2.75, 3.05) is 37.6 Å². The normalized spacial score (nSPS) is 14.3. The summed E-state index contributed by atoms with van der Waals surface area (Å²) in [5, 5.41) is 12.8. The number of aryl methyl sites for hydroxylation is 2. The van der Waals surface area contributed by atoms with E-state index in [4.69, 9.17) is 0 Å². The summed E-state index contributed by atoms with van der Waals surface area (Å²) in [7, 11) is 0. The number of hydrogen-bond donors (Lipinski definition) is 2. The standard InChI is InChI=1S/C20H25FN4O2/c1-14-12-16(13-15(2)18(14)26)5-7-23-20(27)25-10-8-24(9-11-25)19-17(21)4-3-6-22-19/h3-4,6,12-13,26H,5,7-11H2,1-2H3,(H,23,27). The summed E-state index contributed by atoms with van der Waals surface area (Å²) in [5.41, 5.74) is 2.77. The number of nitrogens with zero attached hydrogens (tertiary/aromatic N) is 3. The molecular weight excluding hydrogens is 347 g/mol. The largest absolute Gasteiger partial charge is 0.507 e. The summed E-state index contributed by atoms with van der Waals surface area (Å²) >= 11 is 0. The summed E-state index contributed by atoms with van der Waals surface area (Å²) < 4.78 is 13.8. The first-order chi connectivity index (χ1) is 13.0. The van der Waals surface area contributed by atoms with E-state index in [0.717, 1.165) is 16.7 Å². The number of pyridine rings is 1. The summed E-state index contributed by atoms with van der Waals surface area (Å²) in [4.78, 5) is 20.0. The number of rotatable bonds is 4. The smallest absolute Gasteiger partial charge is 0.317 e. The summed E-state index contributed by atoms with van der Waals surface area (Å²) in [5.74, 6) is 0.329. The van der Waals surface area contributed by atoms with Crippen LogP contribution in [0, 0.1) is 19.7 Å². The predicted molar refractivity (Wildman–Crippen MR) is 103 cm³/mol. The fraction of sp³-hybridized carbons (Fsp3) is 0.400. The van der Waals surface area contributed by atoms with Crippen LogP contribution in [0.5, 0.6) is 5.75 Å². The van der Waals surface area contributed by atoms with E-state index < -0.39 is 0 Å². The molecule has 1 saturated heterocycles. The number of phenolic OH excluding ortho intramolecular Hbond substituents is 1. The summed E-state index contributed by atoms with van der Waals surface area (Å²) in [6.45, 7) is 6.42. The molecule has 1 aromatic heterocycles. The van der Waals surface area contributed by atoms with Gasteiger partial charge in [-0.1, -0.05) is 12.1 Å². The number of aromatic nitrogens is 1. The van der Waals surface area contributed by atoms with Crippen LogP contribution in [0.3, 0.4) is 0 Å². The number of hydrogen-bond acceptors (Lipinski definition) is 4.